The first-order valence-corrected chi connectivity index (χ1v) is 31.3. The first kappa shape index (κ1) is 64.3. The summed E-state index contributed by atoms with van der Waals surface area (Å²) < 4.78 is 23.4. The Hall–Kier alpha value is -4.84. The molecule has 0 saturated carbocycles. The Labute approximate surface area is 446 Å². The highest BCUT2D eigenvalue weighted by Gasteiger charge is 2.42. The maximum absolute atomic E-state index is 13.9. The Balaban J connectivity index is 0.000000421. The van der Waals surface area contributed by atoms with Gasteiger partial charge in [0, 0.05) is 33.4 Å². The highest BCUT2D eigenvalue weighted by atomic mass is 35.5. The molecule has 4 aromatic rings. The summed E-state index contributed by atoms with van der Waals surface area (Å²) >= 11 is 5.42. The molecule has 404 valence electrons. The SMILES string of the molecule is CCc1c(OC)cccc1C(=O)Cl.CCc1c(OC)cccc1C(=O)NN(C(=O)c1cc(C)cc(C)c1)C(C)(C)CO[Si](C)(C)C(C)(C)C.Cc1cc(C)cc(C(=O)N(N)C(C)(C)CO[Si](C)(C)C(C)(C)C)c1. The van der Waals surface area contributed by atoms with Crippen molar-refractivity contribution in [2.24, 2.45) is 5.84 Å². The van der Waals surface area contributed by atoms with Gasteiger partial charge in [-0.25, -0.2) is 10.9 Å². The molecule has 3 amide bonds. The van der Waals surface area contributed by atoms with Crippen LogP contribution in [0.25, 0.3) is 0 Å². The Morgan fingerprint density at radius 2 is 0.932 bits per heavy atom. The van der Waals surface area contributed by atoms with Crippen LogP contribution in [0.3, 0.4) is 0 Å². The predicted molar refractivity (Wildman–Crippen MR) is 305 cm³/mol. The van der Waals surface area contributed by atoms with Crippen molar-refractivity contribution in [3.63, 3.8) is 0 Å². The summed E-state index contributed by atoms with van der Waals surface area (Å²) in [6, 6.07) is 22.2. The molecule has 0 aliphatic heterocycles. The molecule has 3 N–H and O–H groups in total. The molecule has 0 aliphatic carbocycles. The molecule has 0 radical (unpaired) electrons. The molecule has 12 nitrogen and oxygen atoms in total. The van der Waals surface area contributed by atoms with Crippen LogP contribution in [-0.2, 0) is 21.7 Å². The Morgan fingerprint density at radius 1 is 0.575 bits per heavy atom. The van der Waals surface area contributed by atoms with Gasteiger partial charge in [0.2, 0.25) is 0 Å². The standard InChI is InChI=1S/C29H44N2O4Si.C19H34N2O2Si.C10H11ClO2/c1-12-23-24(14-13-15-25(23)34-9)26(32)30-31(27(33)22-17-20(2)16-21(3)18-22)29(7,8)19-35-36(10,11)28(4,5)6;1-14-10-15(2)12-16(11-14)17(22)21(20)19(6,7)13-23-24(8,9)18(3,4)5;1-3-7-8(10(11)12)5-4-6-9(7)13-2/h13-18H,12,19H2,1-11H3,(H,30,32);10-12H,13,20H2,1-9H3;4-6H,3H2,1-2H3. The average Bonchev–Trinajstić information content (AvgIpc) is 3.29. The molecule has 0 unspecified atom stereocenters. The molecule has 0 aromatic heterocycles. The van der Waals surface area contributed by atoms with Crippen LogP contribution in [0.15, 0.2) is 72.8 Å². The third kappa shape index (κ3) is 17.6. The molecular formula is C58H89ClN4O8Si2. The second-order valence-corrected chi connectivity index (χ2v) is 33.1. The number of carbonyl (C=O) groups excluding carboxylic acids is 4. The second-order valence-electron chi connectivity index (χ2n) is 23.2. The van der Waals surface area contributed by atoms with Crippen LogP contribution in [0.2, 0.25) is 36.3 Å². The van der Waals surface area contributed by atoms with Gasteiger partial charge >= 0.3 is 0 Å². The lowest BCUT2D eigenvalue weighted by molar-refractivity contribution is 0.0160. The van der Waals surface area contributed by atoms with E-state index in [0.717, 1.165) is 39.8 Å². The first-order chi connectivity index (χ1) is 33.4. The molecule has 73 heavy (non-hydrogen) atoms. The number of hydrogen-bond donors (Lipinski definition) is 2. The van der Waals surface area contributed by atoms with Gasteiger partial charge in [-0.1, -0.05) is 102 Å². The monoisotopic (exact) mass is 1060 g/mol. The summed E-state index contributed by atoms with van der Waals surface area (Å²) in [6.07, 6.45) is 1.35. The minimum absolute atomic E-state index is 0.0193. The number of hydrazine groups is 2. The molecule has 0 spiro atoms. The number of amides is 3. The predicted octanol–water partition coefficient (Wildman–Crippen LogP) is 13.5. The highest BCUT2D eigenvalue weighted by molar-refractivity contribution is 6.74. The second kappa shape index (κ2) is 26.1. The van der Waals surface area contributed by atoms with Gasteiger partial charge in [0.1, 0.15) is 11.5 Å². The van der Waals surface area contributed by atoms with E-state index in [4.69, 9.17) is 35.8 Å². The number of carbonyl (C=O) groups is 4. The van der Waals surface area contributed by atoms with Crippen LogP contribution in [0.1, 0.15) is 158 Å². The summed E-state index contributed by atoms with van der Waals surface area (Å²) in [7, 11) is -0.806. The summed E-state index contributed by atoms with van der Waals surface area (Å²) in [5.41, 5.74) is 9.45. The zero-order valence-electron chi connectivity index (χ0n) is 48.4. The number of ether oxygens (including phenoxy) is 2. The van der Waals surface area contributed by atoms with Gasteiger partial charge in [0.05, 0.1) is 38.5 Å². The number of aryl methyl sites for hydroxylation is 4. The number of nitrogens with two attached hydrogens (primary N) is 1. The molecule has 0 aliphatic rings. The van der Waals surface area contributed by atoms with E-state index < -0.39 is 33.0 Å². The van der Waals surface area contributed by atoms with Gasteiger partial charge in [-0.15, -0.1) is 0 Å². The third-order valence-electron chi connectivity index (χ3n) is 13.9. The Bertz CT molecular complexity index is 2510. The van der Waals surface area contributed by atoms with E-state index in [1.54, 1.807) is 38.5 Å². The van der Waals surface area contributed by atoms with Gasteiger partial charge in [0.15, 0.2) is 16.6 Å². The van der Waals surface area contributed by atoms with Crippen LogP contribution < -0.4 is 20.7 Å². The van der Waals surface area contributed by atoms with E-state index in [2.05, 4.69) is 73.2 Å². The van der Waals surface area contributed by atoms with E-state index in [0.29, 0.717) is 53.4 Å². The van der Waals surface area contributed by atoms with Gasteiger partial charge < -0.3 is 18.3 Å². The molecule has 15 heteroatoms. The van der Waals surface area contributed by atoms with Crippen molar-refractivity contribution < 1.29 is 37.5 Å². The highest BCUT2D eigenvalue weighted by Crippen LogP contribution is 2.39. The van der Waals surface area contributed by atoms with Crippen LogP contribution in [0.4, 0.5) is 0 Å². The fraction of sp³-hybridized carbons (Fsp3) is 0.517. The number of nitrogens with zero attached hydrogens (tertiary/aromatic N) is 2. The molecule has 0 atom stereocenters. The van der Waals surface area contributed by atoms with E-state index >= 15 is 0 Å². The van der Waals surface area contributed by atoms with Crippen molar-refractivity contribution in [3.05, 3.63) is 128 Å². The zero-order valence-corrected chi connectivity index (χ0v) is 51.1. The summed E-state index contributed by atoms with van der Waals surface area (Å²) in [4.78, 5) is 51.3. The van der Waals surface area contributed by atoms with Crippen molar-refractivity contribution in [2.45, 2.75) is 171 Å². The van der Waals surface area contributed by atoms with Crippen molar-refractivity contribution in [3.8, 4) is 11.5 Å². The van der Waals surface area contributed by atoms with Crippen molar-refractivity contribution >= 4 is 51.2 Å². The molecule has 4 aromatic carbocycles. The fourth-order valence-corrected chi connectivity index (χ4v) is 9.77. The largest absolute Gasteiger partial charge is 0.496 e. The lowest BCUT2D eigenvalue weighted by Gasteiger charge is -2.43. The molecular weight excluding hydrogens is 972 g/mol. The van der Waals surface area contributed by atoms with Crippen LogP contribution in [0.5, 0.6) is 11.5 Å². The summed E-state index contributed by atoms with van der Waals surface area (Å²) in [6.45, 7) is 42.2. The number of rotatable bonds is 16. The smallest absolute Gasteiger partial charge is 0.272 e. The van der Waals surface area contributed by atoms with Crippen LogP contribution in [-0.4, -0.2) is 88.1 Å². The molecule has 0 heterocycles. The number of methoxy groups -OCH3 is 2. The maximum Gasteiger partial charge on any atom is 0.272 e. The van der Waals surface area contributed by atoms with E-state index in [1.807, 2.05) is 118 Å². The lowest BCUT2D eigenvalue weighted by Crippen LogP contribution is -2.60. The lowest BCUT2D eigenvalue weighted by atomic mass is 10.0. The fourth-order valence-electron chi connectivity index (χ4n) is 7.30. The number of halogens is 1. The average molecular weight is 1060 g/mol. The minimum atomic E-state index is -2.09. The normalized spacial score (nSPS) is 12.1. The van der Waals surface area contributed by atoms with Gasteiger partial charge in [-0.3, -0.25) is 29.6 Å². The molecule has 4 rings (SSSR count). The Morgan fingerprint density at radius 3 is 1.29 bits per heavy atom. The number of hydrogen-bond acceptors (Lipinski definition) is 9. The number of benzene rings is 4. The van der Waals surface area contributed by atoms with E-state index in [-0.39, 0.29) is 27.8 Å². The Kier molecular flexibility index (Phi) is 23.0. The van der Waals surface area contributed by atoms with Gasteiger partial charge in [-0.05, 0) is 165 Å². The molecule has 0 bridgehead atoms. The van der Waals surface area contributed by atoms with E-state index in [9.17, 15) is 19.2 Å². The number of nitrogens with one attached hydrogen (secondary N) is 1. The summed E-state index contributed by atoms with van der Waals surface area (Å²) in [5.74, 6) is 6.74. The first-order valence-electron chi connectivity index (χ1n) is 25.1. The maximum atomic E-state index is 13.9. The third-order valence-corrected chi connectivity index (χ3v) is 23.0. The summed E-state index contributed by atoms with van der Waals surface area (Å²) in [5, 5.41) is 2.46. The molecule has 0 fully saturated rings. The zero-order chi connectivity index (χ0) is 56.2. The quantitative estimate of drug-likeness (QED) is 0.0367. The van der Waals surface area contributed by atoms with Gasteiger partial charge in [0.25, 0.3) is 23.0 Å². The van der Waals surface area contributed by atoms with Crippen molar-refractivity contribution in [1.82, 2.24) is 15.4 Å². The van der Waals surface area contributed by atoms with Crippen molar-refractivity contribution in [1.29, 1.82) is 0 Å². The van der Waals surface area contributed by atoms with Gasteiger partial charge in [-0.2, -0.15) is 0 Å². The minimum Gasteiger partial charge on any atom is -0.496 e. The molecule has 0 saturated heterocycles. The topological polar surface area (TPSA) is 150 Å². The van der Waals surface area contributed by atoms with E-state index in [1.165, 1.54) is 10.0 Å². The van der Waals surface area contributed by atoms with Crippen molar-refractivity contribution in [2.75, 3.05) is 27.4 Å². The van der Waals surface area contributed by atoms with Crippen LogP contribution in [0, 0.1) is 27.7 Å². The van der Waals surface area contributed by atoms with Crippen LogP contribution >= 0.6 is 11.6 Å².